The lowest BCUT2D eigenvalue weighted by molar-refractivity contribution is -0.364. The second-order valence-corrected chi connectivity index (χ2v) is 8.20. The van der Waals surface area contributed by atoms with Crippen LogP contribution in [0.5, 0.6) is 0 Å². The molecule has 0 saturated carbocycles. The first-order valence-electron chi connectivity index (χ1n) is 11.2. The van der Waals surface area contributed by atoms with Gasteiger partial charge in [-0.1, -0.05) is 60.7 Å². The molecule has 0 fully saturated rings. The number of carbonyl (C=O) groups excluding carboxylic acids is 3. The molecule has 1 heterocycles. The lowest BCUT2D eigenvalue weighted by atomic mass is 9.82. The van der Waals surface area contributed by atoms with E-state index < -0.39 is 0 Å². The number of amides is 3. The number of nitrogens with zero attached hydrogens (tertiary/aromatic N) is 1. The number of hydrogen-bond donors (Lipinski definition) is 2. The second kappa shape index (κ2) is 9.38. The van der Waals surface area contributed by atoms with Crippen LogP contribution < -0.4 is 11.1 Å². The van der Waals surface area contributed by atoms with Crippen molar-refractivity contribution in [2.24, 2.45) is 0 Å². The normalized spacial score (nSPS) is 12.8. The molecule has 0 aromatic heterocycles. The molecule has 3 amide bonds. The van der Waals surface area contributed by atoms with Crippen LogP contribution in [-0.4, -0.2) is 42.3 Å². The van der Waals surface area contributed by atoms with Crippen molar-refractivity contribution in [3.8, 4) is 22.3 Å². The molecule has 6 nitrogen and oxygen atoms in total. The lowest BCUT2D eigenvalue weighted by Crippen LogP contribution is -2.55. The van der Waals surface area contributed by atoms with Gasteiger partial charge < -0.3 is 11.1 Å². The lowest BCUT2D eigenvalue weighted by Gasteiger charge is -2.19. The van der Waals surface area contributed by atoms with E-state index in [1.807, 2.05) is 74.5 Å². The van der Waals surface area contributed by atoms with E-state index in [2.05, 4.69) is 11.1 Å². The van der Waals surface area contributed by atoms with E-state index in [1.165, 1.54) is 4.90 Å². The zero-order valence-electron chi connectivity index (χ0n) is 19.0. The van der Waals surface area contributed by atoms with Crippen LogP contribution in [0.4, 0.5) is 0 Å². The monoisotopic (exact) mass is 442 g/mol. The number of fused-ring (bicyclic) bond motifs is 1. The topological polar surface area (TPSA) is 94.1 Å². The van der Waals surface area contributed by atoms with Gasteiger partial charge in [0, 0.05) is 13.0 Å². The molecule has 4 N–H and O–H groups in total. The summed E-state index contributed by atoms with van der Waals surface area (Å²) < 4.78 is 0. The van der Waals surface area contributed by atoms with Crippen LogP contribution in [0.1, 0.15) is 38.3 Å². The molecule has 1 aliphatic heterocycles. The number of imide groups is 1. The van der Waals surface area contributed by atoms with Gasteiger partial charge in [-0.3, -0.25) is 19.3 Å². The molecule has 0 aliphatic carbocycles. The summed E-state index contributed by atoms with van der Waals surface area (Å²) in [5.74, 6) is -0.867. The Morgan fingerprint density at radius 3 is 1.67 bits per heavy atom. The van der Waals surface area contributed by atoms with Crippen LogP contribution >= 0.6 is 0 Å². The molecular formula is C27H28N3O3+. The third-order valence-electron chi connectivity index (χ3n) is 6.10. The summed E-state index contributed by atoms with van der Waals surface area (Å²) in [6.07, 6.45) is 0.0701. The van der Waals surface area contributed by atoms with Gasteiger partial charge in [0.05, 0.1) is 24.2 Å². The third kappa shape index (κ3) is 4.05. The van der Waals surface area contributed by atoms with Crippen molar-refractivity contribution in [3.63, 3.8) is 0 Å². The van der Waals surface area contributed by atoms with E-state index in [-0.39, 0.29) is 30.7 Å². The van der Waals surface area contributed by atoms with Crippen molar-refractivity contribution in [2.45, 2.75) is 20.3 Å². The molecule has 1 aliphatic rings. The first kappa shape index (κ1) is 22.4. The van der Waals surface area contributed by atoms with Crippen molar-refractivity contribution >= 4 is 17.7 Å². The van der Waals surface area contributed by atoms with Gasteiger partial charge in [0.15, 0.2) is 0 Å². The average molecular weight is 443 g/mol. The molecule has 0 saturated heterocycles. The van der Waals surface area contributed by atoms with E-state index in [9.17, 15) is 14.4 Å². The maximum absolute atomic E-state index is 13.4. The largest absolute Gasteiger partial charge is 0.356 e. The van der Waals surface area contributed by atoms with Crippen molar-refractivity contribution in [1.29, 1.82) is 0 Å². The first-order valence-corrected chi connectivity index (χ1v) is 11.2. The summed E-state index contributed by atoms with van der Waals surface area (Å²) in [7, 11) is 0. The quantitative estimate of drug-likeness (QED) is 0.551. The fraction of sp³-hybridized carbons (Fsp3) is 0.222. The third-order valence-corrected chi connectivity index (χ3v) is 6.10. The van der Waals surface area contributed by atoms with Gasteiger partial charge in [0.2, 0.25) is 5.91 Å². The number of hydrogen-bond acceptors (Lipinski definition) is 3. The molecule has 4 rings (SSSR count). The minimum atomic E-state index is -0.336. The molecule has 0 spiro atoms. The van der Waals surface area contributed by atoms with Crippen LogP contribution in [0, 0.1) is 13.8 Å². The number of carbonyl (C=O) groups is 3. The van der Waals surface area contributed by atoms with Gasteiger partial charge in [-0.2, -0.15) is 0 Å². The van der Waals surface area contributed by atoms with E-state index in [4.69, 9.17) is 0 Å². The summed E-state index contributed by atoms with van der Waals surface area (Å²) in [6.45, 7) is 4.92. The molecule has 0 bridgehead atoms. The highest BCUT2D eigenvalue weighted by molar-refractivity contribution is 6.24. The van der Waals surface area contributed by atoms with Gasteiger partial charge in [0.25, 0.3) is 11.8 Å². The minimum absolute atomic E-state index is 0.0511. The molecule has 33 heavy (non-hydrogen) atoms. The maximum Gasteiger partial charge on any atom is 0.261 e. The average Bonchev–Trinajstić information content (AvgIpc) is 3.09. The van der Waals surface area contributed by atoms with E-state index >= 15 is 0 Å². The predicted octanol–water partition coefficient (Wildman–Crippen LogP) is 2.98. The van der Waals surface area contributed by atoms with E-state index in [0.717, 1.165) is 33.4 Å². The molecule has 168 valence electrons. The maximum atomic E-state index is 13.4. The Morgan fingerprint density at radius 1 is 0.788 bits per heavy atom. The SMILES string of the molecule is Cc1c2c(c(C)c(-c3ccccc3)c1-c1ccccc1)C(=O)N(CCC(=O)NCC[NH3+])C2=O. The minimum Gasteiger partial charge on any atom is -0.356 e. The van der Waals surface area contributed by atoms with Crippen molar-refractivity contribution in [3.05, 3.63) is 82.9 Å². The molecule has 3 aromatic carbocycles. The van der Waals surface area contributed by atoms with Gasteiger partial charge >= 0.3 is 0 Å². The Hall–Kier alpha value is -3.77. The molecule has 3 aromatic rings. The van der Waals surface area contributed by atoms with Gasteiger partial charge in [-0.25, -0.2) is 0 Å². The predicted molar refractivity (Wildman–Crippen MR) is 128 cm³/mol. The van der Waals surface area contributed by atoms with Crippen LogP contribution in [0.2, 0.25) is 0 Å². The Bertz CT molecular complexity index is 1140. The Kier molecular flexibility index (Phi) is 6.38. The summed E-state index contributed by atoms with van der Waals surface area (Å²) in [5, 5.41) is 2.74. The Balaban J connectivity index is 1.84. The smallest absolute Gasteiger partial charge is 0.261 e. The second-order valence-electron chi connectivity index (χ2n) is 8.20. The fourth-order valence-corrected chi connectivity index (χ4v) is 4.56. The molecule has 6 heteroatoms. The van der Waals surface area contributed by atoms with Crippen LogP contribution in [-0.2, 0) is 4.79 Å². The van der Waals surface area contributed by atoms with Crippen LogP contribution in [0.3, 0.4) is 0 Å². The van der Waals surface area contributed by atoms with Crippen LogP contribution in [0.15, 0.2) is 60.7 Å². The van der Waals surface area contributed by atoms with Gasteiger partial charge in [-0.15, -0.1) is 0 Å². The number of nitrogens with one attached hydrogen (secondary N) is 1. The van der Waals surface area contributed by atoms with E-state index in [0.29, 0.717) is 24.2 Å². The molecule has 0 atom stereocenters. The standard InChI is InChI=1S/C27H27N3O3/c1-17-22(19-9-5-3-6-10-19)23(20-11-7-4-8-12-20)18(2)25-24(17)26(32)30(27(25)33)16-13-21(31)29-15-14-28/h3-12H,13-16,28H2,1-2H3,(H,29,31)/p+1. The zero-order chi connectivity index (χ0) is 23.5. The highest BCUT2D eigenvalue weighted by Crippen LogP contribution is 2.43. The van der Waals surface area contributed by atoms with E-state index in [1.54, 1.807) is 0 Å². The summed E-state index contributed by atoms with van der Waals surface area (Å²) in [5.41, 5.74) is 10.0. The zero-order valence-corrected chi connectivity index (χ0v) is 19.0. The Labute approximate surface area is 193 Å². The highest BCUT2D eigenvalue weighted by atomic mass is 16.2. The van der Waals surface area contributed by atoms with Gasteiger partial charge in [-0.05, 0) is 47.2 Å². The van der Waals surface area contributed by atoms with Crippen LogP contribution in [0.25, 0.3) is 22.3 Å². The highest BCUT2D eigenvalue weighted by Gasteiger charge is 2.40. The summed E-state index contributed by atoms with van der Waals surface area (Å²) in [6, 6.07) is 19.9. The van der Waals surface area contributed by atoms with Crippen molar-refractivity contribution in [2.75, 3.05) is 19.6 Å². The first-order chi connectivity index (χ1) is 16.0. The number of benzene rings is 3. The Morgan fingerprint density at radius 2 is 1.24 bits per heavy atom. The molecule has 0 radical (unpaired) electrons. The van der Waals surface area contributed by atoms with Crippen molar-refractivity contribution < 1.29 is 20.1 Å². The summed E-state index contributed by atoms with van der Waals surface area (Å²) in [4.78, 5) is 40.1. The number of quaternary nitrogens is 1. The van der Waals surface area contributed by atoms with Crippen molar-refractivity contribution in [1.82, 2.24) is 10.2 Å². The molecular weight excluding hydrogens is 414 g/mol. The fourth-order valence-electron chi connectivity index (χ4n) is 4.56. The van der Waals surface area contributed by atoms with Gasteiger partial charge in [0.1, 0.15) is 0 Å². The summed E-state index contributed by atoms with van der Waals surface area (Å²) >= 11 is 0. The number of rotatable bonds is 7. The molecule has 0 unspecified atom stereocenters.